The molecule has 0 aliphatic carbocycles. The summed E-state index contributed by atoms with van der Waals surface area (Å²) in [6.07, 6.45) is 7.34. The van der Waals surface area contributed by atoms with Gasteiger partial charge in [0.05, 0.1) is 0 Å². The lowest BCUT2D eigenvalue weighted by Crippen LogP contribution is -1.88. The highest BCUT2D eigenvalue weighted by Crippen LogP contribution is 2.19. The minimum absolute atomic E-state index is 0.949. The first-order valence-corrected chi connectivity index (χ1v) is 12.6. The maximum atomic E-state index is 4.05. The van der Waals surface area contributed by atoms with E-state index in [0.29, 0.717) is 0 Å². The van der Waals surface area contributed by atoms with Gasteiger partial charge in [0.15, 0.2) is 0 Å². The van der Waals surface area contributed by atoms with Crippen molar-refractivity contribution >= 4 is 5.57 Å². The van der Waals surface area contributed by atoms with Gasteiger partial charge in [0.25, 0.3) is 0 Å². The molecule has 0 heteroatoms. The van der Waals surface area contributed by atoms with Crippen molar-refractivity contribution in [3.05, 3.63) is 88.5 Å². The van der Waals surface area contributed by atoms with E-state index in [-0.39, 0.29) is 0 Å². The van der Waals surface area contributed by atoms with E-state index in [1.54, 1.807) is 0 Å². The largest absolute Gasteiger partial charge is 0.0912 e. The van der Waals surface area contributed by atoms with Gasteiger partial charge in [0.1, 0.15) is 0 Å². The molecule has 0 spiro atoms. The zero-order chi connectivity index (χ0) is 25.1. The Morgan fingerprint density at radius 3 is 1.88 bits per heavy atom. The van der Waals surface area contributed by atoms with E-state index in [4.69, 9.17) is 0 Å². The van der Waals surface area contributed by atoms with Gasteiger partial charge in [-0.3, -0.25) is 0 Å². The molecule has 1 atom stereocenters. The lowest BCUT2D eigenvalue weighted by Gasteiger charge is -2.05. The molecule has 0 nitrogen and oxygen atoms in total. The Hall–Kier alpha value is -2.08. The quantitative estimate of drug-likeness (QED) is 0.395. The zero-order valence-corrected chi connectivity index (χ0v) is 23.2. The van der Waals surface area contributed by atoms with Crippen molar-refractivity contribution in [1.29, 1.82) is 0 Å². The smallest absolute Gasteiger partial charge is 0.0161 e. The summed E-state index contributed by atoms with van der Waals surface area (Å²) in [6, 6.07) is 15.0. The van der Waals surface area contributed by atoms with Gasteiger partial charge in [-0.25, -0.2) is 0 Å². The average molecular weight is 437 g/mol. The van der Waals surface area contributed by atoms with E-state index in [9.17, 15) is 0 Å². The maximum absolute atomic E-state index is 4.05. The van der Waals surface area contributed by atoms with Gasteiger partial charge in [-0.05, 0) is 80.3 Å². The van der Waals surface area contributed by atoms with E-state index in [1.165, 1.54) is 52.7 Å². The Morgan fingerprint density at radius 2 is 1.47 bits per heavy atom. The summed E-state index contributed by atoms with van der Waals surface area (Å²) in [6.45, 7) is 27.6. The van der Waals surface area contributed by atoms with Crippen molar-refractivity contribution in [3.8, 4) is 0 Å². The molecular weight excluding hydrogens is 384 g/mol. The monoisotopic (exact) mass is 436 g/mol. The van der Waals surface area contributed by atoms with Crippen LogP contribution in [0, 0.1) is 26.7 Å². The first kappa shape index (κ1) is 32.1. The van der Waals surface area contributed by atoms with Crippen LogP contribution in [0.1, 0.15) is 102 Å². The summed E-state index contributed by atoms with van der Waals surface area (Å²) >= 11 is 0. The summed E-state index contributed by atoms with van der Waals surface area (Å²) in [4.78, 5) is 0. The van der Waals surface area contributed by atoms with Crippen LogP contribution in [0.5, 0.6) is 0 Å². The summed E-state index contributed by atoms with van der Waals surface area (Å²) < 4.78 is 0. The predicted octanol–water partition coefficient (Wildman–Crippen LogP) is 10.7. The topological polar surface area (TPSA) is 0 Å². The molecule has 0 N–H and O–H groups in total. The number of rotatable bonds is 6. The fourth-order valence-corrected chi connectivity index (χ4v) is 3.08. The number of benzene rings is 2. The van der Waals surface area contributed by atoms with Gasteiger partial charge in [0.2, 0.25) is 0 Å². The fourth-order valence-electron chi connectivity index (χ4n) is 3.08. The molecule has 2 rings (SSSR count). The Morgan fingerprint density at radius 1 is 0.875 bits per heavy atom. The van der Waals surface area contributed by atoms with Crippen LogP contribution < -0.4 is 0 Å². The molecule has 0 radical (unpaired) electrons. The van der Waals surface area contributed by atoms with Gasteiger partial charge in [0, 0.05) is 0 Å². The van der Waals surface area contributed by atoms with Crippen LogP contribution in [0.15, 0.2) is 60.7 Å². The molecule has 0 amide bonds. The summed E-state index contributed by atoms with van der Waals surface area (Å²) in [5.74, 6) is 0.949. The van der Waals surface area contributed by atoms with Crippen molar-refractivity contribution in [1.82, 2.24) is 0 Å². The van der Waals surface area contributed by atoms with Crippen LogP contribution in [0.3, 0.4) is 0 Å². The molecule has 0 saturated carbocycles. The van der Waals surface area contributed by atoms with Crippen molar-refractivity contribution in [3.63, 3.8) is 0 Å². The van der Waals surface area contributed by atoms with E-state index in [1.807, 2.05) is 19.9 Å². The molecule has 0 aliphatic rings. The van der Waals surface area contributed by atoms with Crippen LogP contribution in [0.25, 0.3) is 5.57 Å². The van der Waals surface area contributed by atoms with Crippen LogP contribution in [0.2, 0.25) is 0 Å². The Bertz CT molecular complexity index is 772. The third-order valence-corrected chi connectivity index (χ3v) is 5.41. The van der Waals surface area contributed by atoms with Crippen molar-refractivity contribution in [2.24, 2.45) is 5.92 Å². The van der Waals surface area contributed by atoms with E-state index < -0.39 is 0 Å². The summed E-state index contributed by atoms with van der Waals surface area (Å²) in [5.41, 5.74) is 9.12. The van der Waals surface area contributed by atoms with Crippen molar-refractivity contribution in [2.75, 3.05) is 0 Å². The molecule has 0 heterocycles. The molecule has 0 fully saturated rings. The molecule has 0 bridgehead atoms. The standard InChI is InChI=1S/C13H16.C10H14.C7H16.C2H6/c1-10(2)9-12(4)13-8-6-5-7-11(13)3;1-4-10-6-5-8(2)9(3)7-10;1-4-6-7(3)5-2;1-2/h5-9H,4H2,1-3H3;5-7H,4H2,1-3H3;7H,4-6H2,1-3H3;1-2H3. The van der Waals surface area contributed by atoms with Gasteiger partial charge < -0.3 is 0 Å². The fraction of sp³-hybridized carbons (Fsp3) is 0.500. The highest BCUT2D eigenvalue weighted by molar-refractivity contribution is 5.74. The molecule has 2 aromatic carbocycles. The van der Waals surface area contributed by atoms with Gasteiger partial charge in [-0.1, -0.05) is 121 Å². The molecule has 2 aromatic rings. The highest BCUT2D eigenvalue weighted by Gasteiger charge is 1.98. The lowest BCUT2D eigenvalue weighted by molar-refractivity contribution is 0.509. The second-order valence-corrected chi connectivity index (χ2v) is 8.64. The van der Waals surface area contributed by atoms with Crippen LogP contribution in [-0.2, 0) is 6.42 Å². The average Bonchev–Trinajstić information content (AvgIpc) is 2.78. The third-order valence-electron chi connectivity index (χ3n) is 5.41. The molecule has 0 aromatic heterocycles. The van der Waals surface area contributed by atoms with Crippen molar-refractivity contribution in [2.45, 2.75) is 102 Å². The molecule has 1 unspecified atom stereocenters. The second kappa shape index (κ2) is 19.6. The van der Waals surface area contributed by atoms with Crippen LogP contribution in [0.4, 0.5) is 0 Å². The highest BCUT2D eigenvalue weighted by atomic mass is 14.0. The Kier molecular flexibility index (Phi) is 19.7. The number of allylic oxidation sites excluding steroid dienone is 3. The first-order chi connectivity index (χ1) is 15.2. The lowest BCUT2D eigenvalue weighted by atomic mass is 10.0. The van der Waals surface area contributed by atoms with Crippen molar-refractivity contribution < 1.29 is 0 Å². The predicted molar refractivity (Wildman–Crippen MR) is 151 cm³/mol. The van der Waals surface area contributed by atoms with Gasteiger partial charge in [-0.2, -0.15) is 0 Å². The van der Waals surface area contributed by atoms with E-state index >= 15 is 0 Å². The Balaban J connectivity index is 0. The van der Waals surface area contributed by atoms with Gasteiger partial charge >= 0.3 is 0 Å². The number of hydrogen-bond acceptors (Lipinski definition) is 0. The zero-order valence-electron chi connectivity index (χ0n) is 23.2. The maximum Gasteiger partial charge on any atom is -0.0161 e. The first-order valence-electron chi connectivity index (χ1n) is 12.6. The SMILES string of the molecule is C=C(C=C(C)C)c1ccccc1C.CC.CCCC(C)CC.CCc1ccc(C)c(C)c1. The third kappa shape index (κ3) is 14.8. The normalized spacial score (nSPS) is 10.2. The van der Waals surface area contributed by atoms with E-state index in [0.717, 1.165) is 17.9 Å². The molecule has 180 valence electrons. The number of aryl methyl sites for hydroxylation is 4. The number of hydrogen-bond donors (Lipinski definition) is 0. The summed E-state index contributed by atoms with van der Waals surface area (Å²) in [7, 11) is 0. The van der Waals surface area contributed by atoms with Crippen LogP contribution in [-0.4, -0.2) is 0 Å². The molecule has 0 aliphatic heterocycles. The molecular formula is C32H52. The Labute approximate surface area is 201 Å². The summed E-state index contributed by atoms with van der Waals surface area (Å²) in [5, 5.41) is 0. The molecule has 0 saturated heterocycles. The van der Waals surface area contributed by atoms with Crippen LogP contribution >= 0.6 is 0 Å². The molecule has 32 heavy (non-hydrogen) atoms. The minimum atomic E-state index is 0.949. The van der Waals surface area contributed by atoms with E-state index in [2.05, 4.69) is 111 Å². The van der Waals surface area contributed by atoms with Gasteiger partial charge in [-0.15, -0.1) is 0 Å². The minimum Gasteiger partial charge on any atom is -0.0912 e. The second-order valence-electron chi connectivity index (χ2n) is 8.64.